The summed E-state index contributed by atoms with van der Waals surface area (Å²) >= 11 is 8.08. The van der Waals surface area contributed by atoms with Crippen LogP contribution in [0.2, 0.25) is 5.02 Å². The largest absolute Gasteiger partial charge is 0.272 e. The Hall–Kier alpha value is -3.28. The molecule has 2 aromatic carbocycles. The van der Waals surface area contributed by atoms with Gasteiger partial charge in [0.05, 0.1) is 16.3 Å². The SMILES string of the molecule is O=c1c(=Cc2cccnc2)sc2n1C(c1ccccc1Cl)C1=C(N=2)c2ccccc2CC1. The number of benzene rings is 2. The van der Waals surface area contributed by atoms with Crippen LogP contribution in [0.25, 0.3) is 11.8 Å². The Morgan fingerprint density at radius 1 is 1.03 bits per heavy atom. The molecule has 0 fully saturated rings. The molecule has 4 nitrogen and oxygen atoms in total. The Bertz CT molecular complexity index is 1570. The van der Waals surface area contributed by atoms with Crippen LogP contribution in [-0.2, 0) is 6.42 Å². The standard InChI is InChI=1S/C26H18ClN3OS/c27-21-10-4-3-9-19(21)24-20-12-11-17-7-1-2-8-18(17)23(20)29-26-30(24)25(31)22(32-26)14-16-6-5-13-28-15-16/h1-10,13-15,24H,11-12H2. The van der Waals surface area contributed by atoms with Crippen molar-refractivity contribution in [1.29, 1.82) is 0 Å². The third-order valence-electron chi connectivity index (χ3n) is 6.05. The summed E-state index contributed by atoms with van der Waals surface area (Å²) in [6.07, 6.45) is 7.13. The van der Waals surface area contributed by atoms with Crippen LogP contribution in [0.4, 0.5) is 0 Å². The lowest BCUT2D eigenvalue weighted by molar-refractivity contribution is 0.585. The van der Waals surface area contributed by atoms with Crippen molar-refractivity contribution in [2.45, 2.75) is 18.9 Å². The third-order valence-corrected chi connectivity index (χ3v) is 7.38. The fourth-order valence-corrected chi connectivity index (χ4v) is 5.85. The fourth-order valence-electron chi connectivity index (χ4n) is 4.61. The molecule has 0 N–H and O–H groups in total. The molecule has 2 aromatic heterocycles. The van der Waals surface area contributed by atoms with Gasteiger partial charge in [0.2, 0.25) is 0 Å². The summed E-state index contributed by atoms with van der Waals surface area (Å²) in [7, 11) is 0. The number of hydrogen-bond donors (Lipinski definition) is 0. The number of aryl methyl sites for hydroxylation is 1. The third kappa shape index (κ3) is 3.08. The molecule has 0 radical (unpaired) electrons. The van der Waals surface area contributed by atoms with Crippen LogP contribution >= 0.6 is 22.9 Å². The Balaban J connectivity index is 1.66. The molecular formula is C26H18ClN3OS. The van der Waals surface area contributed by atoms with Crippen LogP contribution < -0.4 is 14.9 Å². The molecule has 0 amide bonds. The number of thiazole rings is 1. The zero-order valence-corrected chi connectivity index (χ0v) is 18.6. The molecule has 32 heavy (non-hydrogen) atoms. The molecule has 1 aliphatic carbocycles. The second-order valence-electron chi connectivity index (χ2n) is 7.92. The summed E-state index contributed by atoms with van der Waals surface area (Å²) in [5.74, 6) is 0. The van der Waals surface area contributed by atoms with Gasteiger partial charge in [-0.15, -0.1) is 0 Å². The monoisotopic (exact) mass is 455 g/mol. The summed E-state index contributed by atoms with van der Waals surface area (Å²) in [4.78, 5) is 23.5. The van der Waals surface area contributed by atoms with Gasteiger partial charge in [-0.2, -0.15) is 0 Å². The highest BCUT2D eigenvalue weighted by Crippen LogP contribution is 2.42. The predicted octanol–water partition coefficient (Wildman–Crippen LogP) is 4.37. The maximum absolute atomic E-state index is 13.6. The molecule has 0 spiro atoms. The van der Waals surface area contributed by atoms with E-state index in [9.17, 15) is 4.79 Å². The van der Waals surface area contributed by atoms with Crippen molar-refractivity contribution in [2.24, 2.45) is 4.99 Å². The molecule has 1 atom stereocenters. The highest BCUT2D eigenvalue weighted by molar-refractivity contribution is 7.07. The van der Waals surface area contributed by atoms with Crippen molar-refractivity contribution < 1.29 is 0 Å². The van der Waals surface area contributed by atoms with Crippen LogP contribution in [0.1, 0.15) is 34.7 Å². The number of aromatic nitrogens is 2. The summed E-state index contributed by atoms with van der Waals surface area (Å²) in [6, 6.07) is 19.8. The Morgan fingerprint density at radius 3 is 2.72 bits per heavy atom. The predicted molar refractivity (Wildman–Crippen MR) is 128 cm³/mol. The van der Waals surface area contributed by atoms with E-state index in [1.54, 1.807) is 12.4 Å². The fraction of sp³-hybridized carbons (Fsp3) is 0.115. The van der Waals surface area contributed by atoms with Gasteiger partial charge in [0.15, 0.2) is 4.80 Å². The van der Waals surface area contributed by atoms with Gasteiger partial charge < -0.3 is 0 Å². The first-order valence-corrected chi connectivity index (χ1v) is 11.7. The Morgan fingerprint density at radius 2 is 1.88 bits per heavy atom. The van der Waals surface area contributed by atoms with Crippen LogP contribution in [0.5, 0.6) is 0 Å². The molecule has 3 heterocycles. The van der Waals surface area contributed by atoms with Crippen molar-refractivity contribution in [3.8, 4) is 0 Å². The molecule has 0 saturated carbocycles. The summed E-state index contributed by atoms with van der Waals surface area (Å²) in [5, 5.41) is 0.659. The molecule has 1 unspecified atom stereocenters. The van der Waals surface area contributed by atoms with E-state index in [1.807, 2.05) is 53.1 Å². The smallest absolute Gasteiger partial charge is 0.271 e. The van der Waals surface area contributed by atoms with E-state index in [1.165, 1.54) is 16.9 Å². The normalized spacial score (nSPS) is 17.4. The average molecular weight is 456 g/mol. The highest BCUT2D eigenvalue weighted by atomic mass is 35.5. The molecule has 4 aromatic rings. The molecule has 2 aliphatic rings. The maximum atomic E-state index is 13.6. The molecule has 6 heteroatoms. The number of nitrogens with zero attached hydrogens (tertiary/aromatic N) is 3. The van der Waals surface area contributed by atoms with Crippen molar-refractivity contribution in [3.63, 3.8) is 0 Å². The second-order valence-corrected chi connectivity index (χ2v) is 9.34. The molecule has 156 valence electrons. The van der Waals surface area contributed by atoms with E-state index in [4.69, 9.17) is 16.6 Å². The van der Waals surface area contributed by atoms with Crippen molar-refractivity contribution in [3.05, 3.63) is 126 Å². The minimum Gasteiger partial charge on any atom is -0.272 e. The number of halogens is 1. The highest BCUT2D eigenvalue weighted by Gasteiger charge is 2.33. The quantitative estimate of drug-likeness (QED) is 0.450. The van der Waals surface area contributed by atoms with Crippen LogP contribution in [0, 0.1) is 0 Å². The number of fused-ring (bicyclic) bond motifs is 3. The minimum atomic E-state index is -0.264. The first-order valence-electron chi connectivity index (χ1n) is 10.5. The van der Waals surface area contributed by atoms with Gasteiger partial charge in [-0.1, -0.05) is 71.5 Å². The van der Waals surface area contributed by atoms with E-state index < -0.39 is 0 Å². The lowest BCUT2D eigenvalue weighted by Crippen LogP contribution is -2.38. The molecule has 0 bridgehead atoms. The first-order chi connectivity index (χ1) is 15.7. The van der Waals surface area contributed by atoms with Gasteiger partial charge in [0.1, 0.15) is 0 Å². The molecule has 1 aliphatic heterocycles. The maximum Gasteiger partial charge on any atom is 0.271 e. The average Bonchev–Trinajstić information content (AvgIpc) is 3.13. The van der Waals surface area contributed by atoms with Crippen LogP contribution in [0.15, 0.2) is 88.4 Å². The van der Waals surface area contributed by atoms with Gasteiger partial charge in [-0.25, -0.2) is 4.99 Å². The van der Waals surface area contributed by atoms with Crippen molar-refractivity contribution >= 4 is 34.7 Å². The number of hydrogen-bond acceptors (Lipinski definition) is 4. The summed E-state index contributed by atoms with van der Waals surface area (Å²) in [5.41, 5.74) is 6.35. The van der Waals surface area contributed by atoms with Gasteiger partial charge in [0.25, 0.3) is 5.56 Å². The van der Waals surface area contributed by atoms with Crippen molar-refractivity contribution in [2.75, 3.05) is 0 Å². The van der Waals surface area contributed by atoms with E-state index >= 15 is 0 Å². The molecule has 0 saturated heterocycles. The van der Waals surface area contributed by atoms with Gasteiger partial charge in [-0.05, 0) is 53.3 Å². The van der Waals surface area contributed by atoms with Crippen molar-refractivity contribution in [1.82, 2.24) is 9.55 Å². The van der Waals surface area contributed by atoms with Gasteiger partial charge >= 0.3 is 0 Å². The minimum absolute atomic E-state index is 0.0482. The van der Waals surface area contributed by atoms with E-state index in [0.29, 0.717) is 14.4 Å². The van der Waals surface area contributed by atoms with E-state index in [0.717, 1.165) is 40.8 Å². The number of pyridine rings is 1. The topological polar surface area (TPSA) is 47.2 Å². The lowest BCUT2D eigenvalue weighted by atomic mass is 9.83. The Kier molecular flexibility index (Phi) is 4.67. The van der Waals surface area contributed by atoms with E-state index in [-0.39, 0.29) is 11.6 Å². The molecule has 6 rings (SSSR count). The zero-order valence-electron chi connectivity index (χ0n) is 17.0. The summed E-state index contributed by atoms with van der Waals surface area (Å²) in [6.45, 7) is 0. The Labute approximate surface area is 193 Å². The van der Waals surface area contributed by atoms with Crippen LogP contribution in [0.3, 0.4) is 0 Å². The second kappa shape index (κ2) is 7.69. The van der Waals surface area contributed by atoms with E-state index in [2.05, 4.69) is 23.2 Å². The first kappa shape index (κ1) is 19.4. The van der Waals surface area contributed by atoms with Gasteiger partial charge in [-0.3, -0.25) is 14.3 Å². The molecular weight excluding hydrogens is 438 g/mol. The van der Waals surface area contributed by atoms with Crippen LogP contribution in [-0.4, -0.2) is 9.55 Å². The van der Waals surface area contributed by atoms with Gasteiger partial charge in [0, 0.05) is 23.0 Å². The lowest BCUT2D eigenvalue weighted by Gasteiger charge is -2.31. The number of allylic oxidation sites excluding steroid dienone is 1. The number of rotatable bonds is 2. The summed E-state index contributed by atoms with van der Waals surface area (Å²) < 4.78 is 2.46. The zero-order chi connectivity index (χ0) is 21.7.